The Morgan fingerprint density at radius 1 is 1.03 bits per heavy atom. The summed E-state index contributed by atoms with van der Waals surface area (Å²) in [5.74, 6) is 0.584. The number of ether oxygens (including phenoxy) is 2. The monoisotopic (exact) mass is 440 g/mol. The highest BCUT2D eigenvalue weighted by Gasteiger charge is 2.26. The molecule has 3 rings (SSSR count). The number of sulfonamides is 1. The Kier molecular flexibility index (Phi) is 6.91. The number of hydrogen-bond donors (Lipinski definition) is 0. The van der Waals surface area contributed by atoms with Crippen LogP contribution in [0.5, 0.6) is 11.5 Å². The summed E-state index contributed by atoms with van der Waals surface area (Å²) in [6.45, 7) is 3.86. The molecule has 0 amide bonds. The SMILES string of the molecule is CCc1ccc(S(=O)(=O)N(CC)c2ccc(Oc3cccnc3)cc2)cc1C(=O)OC. The first-order chi connectivity index (χ1) is 14.9. The topological polar surface area (TPSA) is 85.8 Å². The van der Waals surface area contributed by atoms with Crippen LogP contribution in [0.1, 0.15) is 29.8 Å². The first-order valence-electron chi connectivity index (χ1n) is 9.82. The summed E-state index contributed by atoms with van der Waals surface area (Å²) in [5, 5.41) is 0. The molecule has 0 atom stereocenters. The van der Waals surface area contributed by atoms with Gasteiger partial charge in [-0.3, -0.25) is 9.29 Å². The molecule has 162 valence electrons. The van der Waals surface area contributed by atoms with Crippen molar-refractivity contribution in [3.63, 3.8) is 0 Å². The standard InChI is InChI=1S/C23H24N2O5S/c1-4-17-8-13-21(15-22(17)23(26)29-3)31(27,28)25(5-2)18-9-11-19(12-10-18)30-20-7-6-14-24-16-20/h6-16H,4-5H2,1-3H3. The molecule has 0 saturated carbocycles. The third-order valence-corrected chi connectivity index (χ3v) is 6.64. The molecule has 1 heterocycles. The van der Waals surface area contributed by atoms with Crippen LogP contribution >= 0.6 is 0 Å². The van der Waals surface area contributed by atoms with Gasteiger partial charge in [0, 0.05) is 12.7 Å². The van der Waals surface area contributed by atoms with E-state index in [-0.39, 0.29) is 17.0 Å². The van der Waals surface area contributed by atoms with Crippen LogP contribution in [0.3, 0.4) is 0 Å². The highest BCUT2D eigenvalue weighted by molar-refractivity contribution is 7.92. The molecule has 0 fully saturated rings. The van der Waals surface area contributed by atoms with Crippen LogP contribution in [0.25, 0.3) is 0 Å². The number of aromatic nitrogens is 1. The Hall–Kier alpha value is -3.39. The van der Waals surface area contributed by atoms with Gasteiger partial charge in [0.25, 0.3) is 10.0 Å². The second-order valence-electron chi connectivity index (χ2n) is 6.62. The molecule has 8 heteroatoms. The molecule has 31 heavy (non-hydrogen) atoms. The van der Waals surface area contributed by atoms with E-state index in [1.54, 1.807) is 61.8 Å². The second-order valence-corrected chi connectivity index (χ2v) is 8.48. The van der Waals surface area contributed by atoms with Crippen LogP contribution in [0.4, 0.5) is 5.69 Å². The summed E-state index contributed by atoms with van der Waals surface area (Å²) >= 11 is 0. The van der Waals surface area contributed by atoms with Gasteiger partial charge in [-0.25, -0.2) is 13.2 Å². The number of rotatable bonds is 8. The number of anilines is 1. The normalized spacial score (nSPS) is 11.1. The molecule has 0 saturated heterocycles. The average molecular weight is 441 g/mol. The number of esters is 1. The minimum absolute atomic E-state index is 0.0302. The van der Waals surface area contributed by atoms with Crippen LogP contribution in [-0.2, 0) is 21.2 Å². The summed E-state index contributed by atoms with van der Waals surface area (Å²) < 4.78 is 38.5. The van der Waals surface area contributed by atoms with Crippen molar-refractivity contribution in [3.05, 3.63) is 78.1 Å². The van der Waals surface area contributed by atoms with Crippen LogP contribution in [0.2, 0.25) is 0 Å². The molecule has 0 aliphatic rings. The van der Waals surface area contributed by atoms with Crippen molar-refractivity contribution in [1.82, 2.24) is 4.98 Å². The van der Waals surface area contributed by atoms with E-state index < -0.39 is 16.0 Å². The van der Waals surface area contributed by atoms with Crippen molar-refractivity contribution in [2.75, 3.05) is 18.0 Å². The van der Waals surface area contributed by atoms with Gasteiger partial charge in [0.15, 0.2) is 0 Å². The Morgan fingerprint density at radius 3 is 2.35 bits per heavy atom. The fourth-order valence-corrected chi connectivity index (χ4v) is 4.67. The molecule has 0 spiro atoms. The summed E-state index contributed by atoms with van der Waals surface area (Å²) in [6.07, 6.45) is 3.83. The van der Waals surface area contributed by atoms with Crippen molar-refractivity contribution < 1.29 is 22.7 Å². The van der Waals surface area contributed by atoms with Crippen molar-refractivity contribution in [2.45, 2.75) is 25.2 Å². The Bertz CT molecular complexity index is 1150. The fourth-order valence-electron chi connectivity index (χ4n) is 3.17. The van der Waals surface area contributed by atoms with Crippen LogP contribution < -0.4 is 9.04 Å². The average Bonchev–Trinajstić information content (AvgIpc) is 2.80. The highest BCUT2D eigenvalue weighted by atomic mass is 32.2. The molecule has 2 aromatic carbocycles. The third kappa shape index (κ3) is 4.86. The predicted octanol–water partition coefficient (Wildman–Crippen LogP) is 4.44. The number of carbonyl (C=O) groups excluding carboxylic acids is 1. The van der Waals surface area contributed by atoms with Crippen molar-refractivity contribution in [1.29, 1.82) is 0 Å². The molecule has 3 aromatic rings. The van der Waals surface area contributed by atoms with E-state index in [1.165, 1.54) is 23.5 Å². The van der Waals surface area contributed by atoms with E-state index in [0.29, 0.717) is 23.6 Å². The largest absolute Gasteiger partial charge is 0.465 e. The third-order valence-electron chi connectivity index (χ3n) is 4.74. The number of hydrogen-bond acceptors (Lipinski definition) is 6. The van der Waals surface area contributed by atoms with Gasteiger partial charge in [-0.05, 0) is 67.4 Å². The lowest BCUT2D eigenvalue weighted by Crippen LogP contribution is -2.31. The molecule has 0 N–H and O–H groups in total. The molecule has 0 unspecified atom stereocenters. The maximum Gasteiger partial charge on any atom is 0.338 e. The van der Waals surface area contributed by atoms with Crippen LogP contribution in [-0.4, -0.2) is 33.0 Å². The second kappa shape index (κ2) is 9.61. The molecule has 0 aliphatic heterocycles. The molecule has 0 aliphatic carbocycles. The number of benzene rings is 2. The van der Waals surface area contributed by atoms with E-state index in [9.17, 15) is 13.2 Å². The lowest BCUT2D eigenvalue weighted by molar-refractivity contribution is 0.0599. The lowest BCUT2D eigenvalue weighted by atomic mass is 10.1. The van der Waals surface area contributed by atoms with E-state index in [2.05, 4.69) is 4.98 Å². The molecular formula is C23H24N2O5S. The number of methoxy groups -OCH3 is 1. The van der Waals surface area contributed by atoms with Gasteiger partial charge < -0.3 is 9.47 Å². The highest BCUT2D eigenvalue weighted by Crippen LogP contribution is 2.28. The van der Waals surface area contributed by atoms with Gasteiger partial charge in [-0.2, -0.15) is 0 Å². The number of carbonyl (C=O) groups is 1. The van der Waals surface area contributed by atoms with Crippen molar-refractivity contribution in [2.24, 2.45) is 0 Å². The van der Waals surface area contributed by atoms with Gasteiger partial charge in [0.05, 0.1) is 29.5 Å². The first-order valence-corrected chi connectivity index (χ1v) is 11.3. The Morgan fingerprint density at radius 2 is 1.77 bits per heavy atom. The van der Waals surface area contributed by atoms with Gasteiger partial charge >= 0.3 is 5.97 Å². The zero-order valence-corrected chi connectivity index (χ0v) is 18.4. The summed E-state index contributed by atoms with van der Waals surface area (Å²) in [5.41, 5.74) is 1.47. The number of pyridine rings is 1. The number of nitrogens with zero attached hydrogens (tertiary/aromatic N) is 2. The quantitative estimate of drug-likeness (QED) is 0.482. The zero-order valence-electron chi connectivity index (χ0n) is 17.6. The van der Waals surface area contributed by atoms with Gasteiger partial charge in [0.2, 0.25) is 0 Å². The molecule has 7 nitrogen and oxygen atoms in total. The fraction of sp³-hybridized carbons (Fsp3) is 0.217. The van der Waals surface area contributed by atoms with E-state index in [4.69, 9.17) is 9.47 Å². The van der Waals surface area contributed by atoms with Crippen LogP contribution in [0, 0.1) is 0 Å². The Labute approximate surface area is 182 Å². The maximum atomic E-state index is 13.3. The minimum atomic E-state index is -3.89. The number of aryl methyl sites for hydroxylation is 1. The van der Waals surface area contributed by atoms with Crippen LogP contribution in [0.15, 0.2) is 71.9 Å². The summed E-state index contributed by atoms with van der Waals surface area (Å²) in [4.78, 5) is 16.1. The van der Waals surface area contributed by atoms with E-state index in [0.717, 1.165) is 5.56 Å². The van der Waals surface area contributed by atoms with Crippen molar-refractivity contribution in [3.8, 4) is 11.5 Å². The predicted molar refractivity (Wildman–Crippen MR) is 118 cm³/mol. The Balaban J connectivity index is 1.91. The zero-order chi connectivity index (χ0) is 22.4. The molecule has 1 aromatic heterocycles. The molecule has 0 bridgehead atoms. The molecular weight excluding hydrogens is 416 g/mol. The van der Waals surface area contributed by atoms with Crippen molar-refractivity contribution >= 4 is 21.7 Å². The van der Waals surface area contributed by atoms with Gasteiger partial charge in [-0.1, -0.05) is 13.0 Å². The van der Waals surface area contributed by atoms with Gasteiger partial charge in [-0.15, -0.1) is 0 Å². The van der Waals surface area contributed by atoms with Gasteiger partial charge in [0.1, 0.15) is 11.5 Å². The first kappa shape index (κ1) is 22.3. The van der Waals surface area contributed by atoms with E-state index >= 15 is 0 Å². The molecule has 0 radical (unpaired) electrons. The smallest absolute Gasteiger partial charge is 0.338 e. The maximum absolute atomic E-state index is 13.3. The summed E-state index contributed by atoms with van der Waals surface area (Å²) in [7, 11) is -2.62. The van der Waals surface area contributed by atoms with E-state index in [1.807, 2.05) is 6.92 Å². The summed E-state index contributed by atoms with van der Waals surface area (Å²) in [6, 6.07) is 14.8. The minimum Gasteiger partial charge on any atom is -0.465 e. The lowest BCUT2D eigenvalue weighted by Gasteiger charge is -2.23.